The monoisotopic (exact) mass is 399 g/mol. The SMILES string of the molecule is CC(=O)c1ccc(NC(=O)[C@@H](C)Sc2nnc(-c3cccc(F)c3)n2N)cc1. The Morgan fingerprint density at radius 3 is 2.54 bits per heavy atom. The lowest BCUT2D eigenvalue weighted by Gasteiger charge is -2.12. The summed E-state index contributed by atoms with van der Waals surface area (Å²) in [4.78, 5) is 23.7. The fraction of sp³-hybridized carbons (Fsp3) is 0.158. The zero-order chi connectivity index (χ0) is 20.3. The minimum Gasteiger partial charge on any atom is -0.335 e. The lowest BCUT2D eigenvalue weighted by atomic mass is 10.1. The quantitative estimate of drug-likeness (QED) is 0.375. The van der Waals surface area contributed by atoms with Crippen molar-refractivity contribution in [1.29, 1.82) is 0 Å². The molecule has 0 saturated heterocycles. The highest BCUT2D eigenvalue weighted by molar-refractivity contribution is 8.00. The van der Waals surface area contributed by atoms with Crippen molar-refractivity contribution in [2.24, 2.45) is 0 Å². The van der Waals surface area contributed by atoms with Crippen molar-refractivity contribution >= 4 is 29.1 Å². The maximum Gasteiger partial charge on any atom is 0.237 e. The number of hydrogen-bond donors (Lipinski definition) is 2. The van der Waals surface area contributed by atoms with Gasteiger partial charge in [-0.05, 0) is 50.2 Å². The zero-order valence-electron chi connectivity index (χ0n) is 15.2. The summed E-state index contributed by atoms with van der Waals surface area (Å²) in [5.41, 5.74) is 1.64. The lowest BCUT2D eigenvalue weighted by Crippen LogP contribution is -2.23. The van der Waals surface area contributed by atoms with Gasteiger partial charge >= 0.3 is 0 Å². The molecule has 3 N–H and O–H groups in total. The average Bonchev–Trinajstić information content (AvgIpc) is 3.02. The summed E-state index contributed by atoms with van der Waals surface area (Å²) in [6.07, 6.45) is 0. The Morgan fingerprint density at radius 2 is 1.89 bits per heavy atom. The molecule has 0 bridgehead atoms. The van der Waals surface area contributed by atoms with Crippen molar-refractivity contribution in [1.82, 2.24) is 14.9 Å². The minimum atomic E-state index is -0.514. The van der Waals surface area contributed by atoms with Crippen LogP contribution >= 0.6 is 11.8 Å². The maximum absolute atomic E-state index is 13.4. The molecule has 0 radical (unpaired) electrons. The molecule has 0 aliphatic rings. The van der Waals surface area contributed by atoms with E-state index in [1.807, 2.05) is 0 Å². The topological polar surface area (TPSA) is 103 Å². The molecule has 1 amide bonds. The number of carbonyl (C=O) groups is 2. The van der Waals surface area contributed by atoms with E-state index in [2.05, 4.69) is 15.5 Å². The van der Waals surface area contributed by atoms with E-state index in [1.165, 1.54) is 23.7 Å². The van der Waals surface area contributed by atoms with Gasteiger partial charge in [-0.1, -0.05) is 23.9 Å². The highest BCUT2D eigenvalue weighted by Gasteiger charge is 2.20. The molecule has 7 nitrogen and oxygen atoms in total. The van der Waals surface area contributed by atoms with Crippen molar-refractivity contribution in [3.8, 4) is 11.4 Å². The molecule has 0 unspecified atom stereocenters. The van der Waals surface area contributed by atoms with Crippen molar-refractivity contribution in [2.75, 3.05) is 11.2 Å². The summed E-state index contributed by atoms with van der Waals surface area (Å²) in [6, 6.07) is 12.5. The molecule has 1 heterocycles. The van der Waals surface area contributed by atoms with Gasteiger partial charge in [0.05, 0.1) is 5.25 Å². The van der Waals surface area contributed by atoms with Crippen LogP contribution in [0, 0.1) is 5.82 Å². The number of Topliss-reactive ketones (excluding diaryl/α,β-unsaturated/α-hetero) is 1. The summed E-state index contributed by atoms with van der Waals surface area (Å²) >= 11 is 1.13. The van der Waals surface area contributed by atoms with Gasteiger partial charge in [-0.15, -0.1) is 10.2 Å². The number of nitrogens with two attached hydrogens (primary N) is 1. The van der Waals surface area contributed by atoms with Gasteiger partial charge in [0.15, 0.2) is 11.6 Å². The normalized spacial score (nSPS) is 11.8. The van der Waals surface area contributed by atoms with E-state index in [9.17, 15) is 14.0 Å². The molecule has 1 atom stereocenters. The predicted octanol–water partition coefficient (Wildman–Crippen LogP) is 3.12. The van der Waals surface area contributed by atoms with Gasteiger partial charge in [-0.2, -0.15) is 0 Å². The van der Waals surface area contributed by atoms with Crippen molar-refractivity contribution in [3.05, 3.63) is 59.9 Å². The Kier molecular flexibility index (Phi) is 5.74. The van der Waals surface area contributed by atoms with Crippen molar-refractivity contribution in [2.45, 2.75) is 24.3 Å². The fourth-order valence-electron chi connectivity index (χ4n) is 2.43. The predicted molar refractivity (Wildman–Crippen MR) is 106 cm³/mol. The summed E-state index contributed by atoms with van der Waals surface area (Å²) < 4.78 is 14.6. The molecular weight excluding hydrogens is 381 g/mol. The molecule has 0 saturated carbocycles. The van der Waals surface area contributed by atoms with Crippen molar-refractivity contribution < 1.29 is 14.0 Å². The highest BCUT2D eigenvalue weighted by Crippen LogP contribution is 2.25. The summed E-state index contributed by atoms with van der Waals surface area (Å²) in [5.74, 6) is 5.61. The van der Waals surface area contributed by atoms with Gasteiger partial charge in [0.25, 0.3) is 0 Å². The van der Waals surface area contributed by atoms with Crippen LogP contribution in [0.3, 0.4) is 0 Å². The van der Waals surface area contributed by atoms with Crippen LogP contribution in [0.15, 0.2) is 53.7 Å². The summed E-state index contributed by atoms with van der Waals surface area (Å²) in [7, 11) is 0. The number of nitrogen functional groups attached to an aromatic ring is 1. The second-order valence-corrected chi connectivity index (χ2v) is 7.38. The molecule has 2 aromatic carbocycles. The first kappa shape index (κ1) is 19.6. The van der Waals surface area contributed by atoms with Crippen LogP contribution in [0.5, 0.6) is 0 Å². The standard InChI is InChI=1S/C19H18FN5O2S/c1-11(26)13-6-8-16(9-7-13)22-18(27)12(2)28-19-24-23-17(25(19)21)14-4-3-5-15(20)10-14/h3-10,12H,21H2,1-2H3,(H,22,27)/t12-/m1/s1. The summed E-state index contributed by atoms with van der Waals surface area (Å²) in [5, 5.41) is 10.6. The number of carbonyl (C=O) groups excluding carboxylic acids is 2. The van der Waals surface area contributed by atoms with E-state index in [1.54, 1.807) is 43.3 Å². The Bertz CT molecular complexity index is 1020. The summed E-state index contributed by atoms with van der Waals surface area (Å²) in [6.45, 7) is 3.19. The minimum absolute atomic E-state index is 0.0433. The second kappa shape index (κ2) is 8.22. The van der Waals surface area contributed by atoms with Crippen LogP contribution in [0.4, 0.5) is 10.1 Å². The molecule has 9 heteroatoms. The van der Waals surface area contributed by atoms with E-state index in [0.29, 0.717) is 27.8 Å². The van der Waals surface area contributed by atoms with Gasteiger partial charge in [-0.3, -0.25) is 9.59 Å². The van der Waals surface area contributed by atoms with Crippen LogP contribution in [-0.2, 0) is 4.79 Å². The van der Waals surface area contributed by atoms with Gasteiger partial charge in [0, 0.05) is 16.8 Å². The smallest absolute Gasteiger partial charge is 0.237 e. The van der Waals surface area contributed by atoms with Gasteiger partial charge in [0.2, 0.25) is 11.1 Å². The highest BCUT2D eigenvalue weighted by atomic mass is 32.2. The molecule has 1 aromatic heterocycles. The number of nitrogens with zero attached hydrogens (tertiary/aromatic N) is 3. The molecule has 0 aliphatic heterocycles. The van der Waals surface area contributed by atoms with Gasteiger partial charge < -0.3 is 11.2 Å². The number of nitrogens with one attached hydrogen (secondary N) is 1. The third-order valence-electron chi connectivity index (χ3n) is 3.96. The van der Waals surface area contributed by atoms with Gasteiger partial charge in [0.1, 0.15) is 5.82 Å². The van der Waals surface area contributed by atoms with E-state index in [-0.39, 0.29) is 11.7 Å². The first-order chi connectivity index (χ1) is 13.3. The van der Waals surface area contributed by atoms with Crippen LogP contribution in [0.1, 0.15) is 24.2 Å². The van der Waals surface area contributed by atoms with E-state index >= 15 is 0 Å². The lowest BCUT2D eigenvalue weighted by molar-refractivity contribution is -0.115. The van der Waals surface area contributed by atoms with Crippen LogP contribution in [0.2, 0.25) is 0 Å². The number of aromatic nitrogens is 3. The average molecular weight is 399 g/mol. The Balaban J connectivity index is 1.68. The Labute approximate surface area is 165 Å². The number of amides is 1. The molecule has 3 rings (SSSR count). The first-order valence-electron chi connectivity index (χ1n) is 8.40. The molecule has 3 aromatic rings. The number of thioether (sulfide) groups is 1. The Hall–Kier alpha value is -3.20. The number of rotatable bonds is 6. The third-order valence-corrected chi connectivity index (χ3v) is 5.01. The van der Waals surface area contributed by atoms with E-state index in [0.717, 1.165) is 11.8 Å². The maximum atomic E-state index is 13.4. The van der Waals surface area contributed by atoms with Crippen LogP contribution < -0.4 is 11.2 Å². The number of halogens is 1. The Morgan fingerprint density at radius 1 is 1.18 bits per heavy atom. The number of ketones is 1. The molecule has 28 heavy (non-hydrogen) atoms. The molecule has 0 aliphatic carbocycles. The zero-order valence-corrected chi connectivity index (χ0v) is 16.0. The first-order valence-corrected chi connectivity index (χ1v) is 9.28. The number of hydrogen-bond acceptors (Lipinski definition) is 6. The number of benzene rings is 2. The molecule has 0 spiro atoms. The molecular formula is C19H18FN5O2S. The van der Waals surface area contributed by atoms with Crippen LogP contribution in [-0.4, -0.2) is 31.8 Å². The van der Waals surface area contributed by atoms with E-state index in [4.69, 9.17) is 5.84 Å². The second-order valence-electron chi connectivity index (χ2n) is 6.07. The fourth-order valence-corrected chi connectivity index (χ4v) is 3.20. The molecule has 0 fully saturated rings. The third kappa shape index (κ3) is 4.37. The van der Waals surface area contributed by atoms with Gasteiger partial charge in [-0.25, -0.2) is 9.07 Å². The largest absolute Gasteiger partial charge is 0.335 e. The number of anilines is 1. The molecule has 144 valence electrons. The van der Waals surface area contributed by atoms with E-state index < -0.39 is 11.1 Å². The van der Waals surface area contributed by atoms with Crippen molar-refractivity contribution in [3.63, 3.8) is 0 Å². The van der Waals surface area contributed by atoms with Crippen LogP contribution in [0.25, 0.3) is 11.4 Å².